The molecule has 0 fully saturated rings. The van der Waals surface area contributed by atoms with Crippen molar-refractivity contribution in [2.75, 3.05) is 6.61 Å². The largest absolute Gasteiger partial charge is 0.397 e. The fourth-order valence-electron chi connectivity index (χ4n) is 0. The summed E-state index contributed by atoms with van der Waals surface area (Å²) in [5, 5.41) is 7.57. The minimum atomic E-state index is 0.250. The number of rotatable bonds is 0. The topological polar surface area (TPSA) is 20.2 Å². The van der Waals surface area contributed by atoms with Gasteiger partial charge in [0.15, 0.2) is 0 Å². The number of hydrogen-bond acceptors (Lipinski definition) is 1. The third kappa shape index (κ3) is 300. The van der Waals surface area contributed by atoms with E-state index in [4.69, 9.17) is 5.11 Å². The zero-order chi connectivity index (χ0) is 5.41. The van der Waals surface area contributed by atoms with Crippen LogP contribution in [0.1, 0.15) is 13.8 Å². The van der Waals surface area contributed by atoms with Gasteiger partial charge in [0.1, 0.15) is 0 Å². The minimum Gasteiger partial charge on any atom is -0.397 e. The molecule has 0 aromatic heterocycles. The molecule has 1 heteroatoms. The van der Waals surface area contributed by atoms with E-state index in [1.165, 1.54) is 0 Å². The molecule has 0 heterocycles. The van der Waals surface area contributed by atoms with E-state index in [1.54, 1.807) is 13.0 Å². The van der Waals surface area contributed by atoms with Crippen LogP contribution in [0, 0.1) is 0 Å². The molecule has 0 bridgehead atoms. The lowest BCUT2D eigenvalue weighted by molar-refractivity contribution is 0.318. The highest BCUT2D eigenvalue weighted by molar-refractivity contribution is 4.51. The molecule has 0 rings (SSSR count). The summed E-state index contributed by atoms with van der Waals surface area (Å²) in [6, 6.07) is 0. The third-order valence-electron chi connectivity index (χ3n) is 0. The zero-order valence-corrected chi connectivity index (χ0v) is 4.44. The Hall–Kier alpha value is -0.300. The SMILES string of the molecule is C=CC.CCO. The van der Waals surface area contributed by atoms with Gasteiger partial charge in [-0.3, -0.25) is 0 Å². The smallest absolute Gasteiger partial charge is 0.0402 e. The Morgan fingerprint density at radius 1 is 1.83 bits per heavy atom. The van der Waals surface area contributed by atoms with E-state index >= 15 is 0 Å². The zero-order valence-electron chi connectivity index (χ0n) is 4.44. The van der Waals surface area contributed by atoms with Gasteiger partial charge in [0.25, 0.3) is 0 Å². The Morgan fingerprint density at radius 3 is 1.83 bits per heavy atom. The molecule has 0 amide bonds. The maximum atomic E-state index is 7.57. The van der Waals surface area contributed by atoms with E-state index in [2.05, 4.69) is 6.58 Å². The van der Waals surface area contributed by atoms with Crippen LogP contribution in [0.25, 0.3) is 0 Å². The van der Waals surface area contributed by atoms with Crippen LogP contribution in [-0.2, 0) is 0 Å². The quantitative estimate of drug-likeness (QED) is 0.441. The molecule has 0 spiro atoms. The first kappa shape index (κ1) is 9.20. The van der Waals surface area contributed by atoms with Gasteiger partial charge in [-0.05, 0) is 13.8 Å². The Balaban J connectivity index is 0. The van der Waals surface area contributed by atoms with Gasteiger partial charge in [-0.25, -0.2) is 0 Å². The van der Waals surface area contributed by atoms with Crippen LogP contribution in [0.5, 0.6) is 0 Å². The van der Waals surface area contributed by atoms with Gasteiger partial charge in [0, 0.05) is 6.61 Å². The van der Waals surface area contributed by atoms with Gasteiger partial charge in [-0.1, -0.05) is 6.08 Å². The number of aliphatic hydroxyl groups is 1. The Morgan fingerprint density at radius 2 is 1.83 bits per heavy atom. The first-order valence-electron chi connectivity index (χ1n) is 2.01. The molecular weight excluding hydrogens is 76.1 g/mol. The van der Waals surface area contributed by atoms with Crippen molar-refractivity contribution in [3.8, 4) is 0 Å². The van der Waals surface area contributed by atoms with E-state index in [0.717, 1.165) is 0 Å². The van der Waals surface area contributed by atoms with Crippen LogP contribution in [-0.4, -0.2) is 11.7 Å². The Labute approximate surface area is 39.3 Å². The molecule has 0 aromatic carbocycles. The maximum absolute atomic E-state index is 7.57. The van der Waals surface area contributed by atoms with Crippen LogP contribution in [0.3, 0.4) is 0 Å². The first-order valence-corrected chi connectivity index (χ1v) is 2.01. The minimum absolute atomic E-state index is 0.250. The van der Waals surface area contributed by atoms with Gasteiger partial charge in [0.2, 0.25) is 0 Å². The predicted molar refractivity (Wildman–Crippen MR) is 28.6 cm³/mol. The summed E-state index contributed by atoms with van der Waals surface area (Å²) in [7, 11) is 0. The second-order valence-corrected chi connectivity index (χ2v) is 0.724. The first-order chi connectivity index (χ1) is 2.83. The van der Waals surface area contributed by atoms with Crippen molar-refractivity contribution in [3.63, 3.8) is 0 Å². The molecule has 0 saturated carbocycles. The summed E-state index contributed by atoms with van der Waals surface area (Å²) in [6.07, 6.45) is 1.75. The lowest BCUT2D eigenvalue weighted by Gasteiger charge is -1.52. The molecule has 0 aliphatic heterocycles. The van der Waals surface area contributed by atoms with Gasteiger partial charge in [-0.2, -0.15) is 0 Å². The predicted octanol–water partition coefficient (Wildman–Crippen LogP) is 1.19. The average Bonchev–Trinajstić information content (AvgIpc) is 1.39. The third-order valence-corrected chi connectivity index (χ3v) is 0. The summed E-state index contributed by atoms with van der Waals surface area (Å²) in [5.74, 6) is 0. The summed E-state index contributed by atoms with van der Waals surface area (Å²) >= 11 is 0. The van der Waals surface area contributed by atoms with E-state index in [9.17, 15) is 0 Å². The number of aliphatic hydroxyl groups excluding tert-OH is 1. The molecule has 0 aromatic rings. The normalized spacial score (nSPS) is 5.17. The fourth-order valence-corrected chi connectivity index (χ4v) is 0. The Kier molecular flexibility index (Phi) is 34.1. The lowest BCUT2D eigenvalue weighted by Crippen LogP contribution is -1.57. The van der Waals surface area contributed by atoms with Gasteiger partial charge >= 0.3 is 0 Å². The van der Waals surface area contributed by atoms with Gasteiger partial charge in [0.05, 0.1) is 0 Å². The molecular formula is C5H12O. The number of hydrogen-bond donors (Lipinski definition) is 1. The lowest BCUT2D eigenvalue weighted by atomic mass is 10.8. The standard InChI is InChI=1S/C3H6.C2H6O/c1-3-2;1-2-3/h3H,1H2,2H3;3H,2H2,1H3. The average molecular weight is 88.1 g/mol. The van der Waals surface area contributed by atoms with E-state index in [1.807, 2.05) is 6.92 Å². The van der Waals surface area contributed by atoms with Crippen molar-refractivity contribution >= 4 is 0 Å². The van der Waals surface area contributed by atoms with Crippen LogP contribution < -0.4 is 0 Å². The van der Waals surface area contributed by atoms with Crippen molar-refractivity contribution in [3.05, 3.63) is 12.7 Å². The maximum Gasteiger partial charge on any atom is 0.0402 e. The Bertz CT molecular complexity index is 17.9. The summed E-state index contributed by atoms with van der Waals surface area (Å²) < 4.78 is 0. The molecule has 6 heavy (non-hydrogen) atoms. The highest BCUT2D eigenvalue weighted by Gasteiger charge is 1.34. The van der Waals surface area contributed by atoms with E-state index in [-0.39, 0.29) is 6.61 Å². The molecule has 38 valence electrons. The molecule has 0 aliphatic rings. The summed E-state index contributed by atoms with van der Waals surface area (Å²) in [4.78, 5) is 0. The van der Waals surface area contributed by atoms with Crippen molar-refractivity contribution in [2.24, 2.45) is 0 Å². The van der Waals surface area contributed by atoms with Crippen LogP contribution >= 0.6 is 0 Å². The number of allylic oxidation sites excluding steroid dienone is 1. The van der Waals surface area contributed by atoms with Crippen LogP contribution in [0.15, 0.2) is 12.7 Å². The molecule has 0 aliphatic carbocycles. The molecule has 1 N–H and O–H groups in total. The van der Waals surface area contributed by atoms with Gasteiger partial charge in [-0.15, -0.1) is 6.58 Å². The summed E-state index contributed by atoms with van der Waals surface area (Å²) in [6.45, 7) is 7.18. The van der Waals surface area contributed by atoms with Gasteiger partial charge < -0.3 is 5.11 Å². The van der Waals surface area contributed by atoms with E-state index < -0.39 is 0 Å². The van der Waals surface area contributed by atoms with Crippen LogP contribution in [0.2, 0.25) is 0 Å². The fraction of sp³-hybridized carbons (Fsp3) is 0.600. The van der Waals surface area contributed by atoms with Crippen LogP contribution in [0.4, 0.5) is 0 Å². The molecule has 0 unspecified atom stereocenters. The van der Waals surface area contributed by atoms with Crippen molar-refractivity contribution in [1.82, 2.24) is 0 Å². The van der Waals surface area contributed by atoms with Crippen molar-refractivity contribution in [2.45, 2.75) is 13.8 Å². The molecule has 0 atom stereocenters. The highest BCUT2D eigenvalue weighted by Crippen LogP contribution is 1.38. The van der Waals surface area contributed by atoms with Crippen molar-refractivity contribution in [1.29, 1.82) is 0 Å². The summed E-state index contributed by atoms with van der Waals surface area (Å²) in [5.41, 5.74) is 0. The van der Waals surface area contributed by atoms with E-state index in [0.29, 0.717) is 0 Å². The second-order valence-electron chi connectivity index (χ2n) is 0.724. The molecule has 1 nitrogen and oxygen atoms in total. The monoisotopic (exact) mass is 88.1 g/mol. The second kappa shape index (κ2) is 22.3. The van der Waals surface area contributed by atoms with Crippen molar-refractivity contribution < 1.29 is 5.11 Å². The molecule has 0 radical (unpaired) electrons. The molecule has 0 saturated heterocycles. The highest BCUT2D eigenvalue weighted by atomic mass is 16.2.